The fourth-order valence-corrected chi connectivity index (χ4v) is 3.66. The van der Waals surface area contributed by atoms with Crippen molar-refractivity contribution in [3.8, 4) is 0 Å². The Balaban J connectivity index is 1.89. The van der Waals surface area contributed by atoms with E-state index in [-0.39, 0.29) is 0 Å². The third-order valence-corrected chi connectivity index (χ3v) is 4.84. The number of para-hydroxylation sites is 2. The van der Waals surface area contributed by atoms with Crippen molar-refractivity contribution in [3.05, 3.63) is 30.1 Å². The number of hydrogen-bond acceptors (Lipinski definition) is 2. The fraction of sp³-hybridized carbons (Fsp3) is 0.611. The predicted molar refractivity (Wildman–Crippen MR) is 88.3 cm³/mol. The van der Waals surface area contributed by atoms with Crippen molar-refractivity contribution >= 4 is 11.0 Å². The van der Waals surface area contributed by atoms with Gasteiger partial charge in [-0.15, -0.1) is 0 Å². The van der Waals surface area contributed by atoms with Crippen molar-refractivity contribution in [2.24, 2.45) is 11.7 Å². The van der Waals surface area contributed by atoms with Gasteiger partial charge in [0.05, 0.1) is 11.0 Å². The first-order chi connectivity index (χ1) is 10.3. The van der Waals surface area contributed by atoms with Gasteiger partial charge in [0.15, 0.2) is 0 Å². The Labute approximate surface area is 127 Å². The molecule has 1 aliphatic carbocycles. The van der Waals surface area contributed by atoms with E-state index < -0.39 is 0 Å². The lowest BCUT2D eigenvalue weighted by atomic mass is 9.92. The first-order valence-corrected chi connectivity index (χ1v) is 8.49. The molecule has 1 saturated carbocycles. The Hall–Kier alpha value is -1.35. The highest BCUT2D eigenvalue weighted by molar-refractivity contribution is 5.75. The smallest absolute Gasteiger partial charge is 0.110 e. The summed E-state index contributed by atoms with van der Waals surface area (Å²) in [5.41, 5.74) is 8.81. The van der Waals surface area contributed by atoms with E-state index in [0.717, 1.165) is 24.9 Å². The van der Waals surface area contributed by atoms with E-state index in [1.54, 1.807) is 0 Å². The third kappa shape index (κ3) is 3.13. The summed E-state index contributed by atoms with van der Waals surface area (Å²) in [7, 11) is 0. The Kier molecular flexibility index (Phi) is 4.59. The quantitative estimate of drug-likeness (QED) is 0.866. The maximum absolute atomic E-state index is 6.41. The number of imidazole rings is 1. The number of rotatable bonds is 4. The molecule has 3 rings (SSSR count). The average molecular weight is 285 g/mol. The lowest BCUT2D eigenvalue weighted by Gasteiger charge is -2.21. The number of benzene rings is 1. The van der Waals surface area contributed by atoms with E-state index in [2.05, 4.69) is 35.8 Å². The highest BCUT2D eigenvalue weighted by atomic mass is 15.1. The average Bonchev–Trinajstić information content (AvgIpc) is 2.70. The summed E-state index contributed by atoms with van der Waals surface area (Å²) in [6, 6.07) is 8.85. The minimum absolute atomic E-state index is 0.349. The molecule has 21 heavy (non-hydrogen) atoms. The summed E-state index contributed by atoms with van der Waals surface area (Å²) < 4.78 is 2.41. The van der Waals surface area contributed by atoms with Crippen LogP contribution in [0, 0.1) is 5.92 Å². The highest BCUT2D eigenvalue weighted by Gasteiger charge is 2.23. The number of fused-ring (bicyclic) bond motifs is 1. The maximum Gasteiger partial charge on any atom is 0.110 e. The fourth-order valence-electron chi connectivity index (χ4n) is 3.66. The van der Waals surface area contributed by atoms with Gasteiger partial charge in [-0.05, 0) is 37.3 Å². The van der Waals surface area contributed by atoms with Crippen molar-refractivity contribution < 1.29 is 0 Å². The van der Waals surface area contributed by atoms with Gasteiger partial charge >= 0.3 is 0 Å². The van der Waals surface area contributed by atoms with Gasteiger partial charge < -0.3 is 10.3 Å². The number of aromatic nitrogens is 2. The van der Waals surface area contributed by atoms with Crippen LogP contribution in [0.1, 0.15) is 51.3 Å². The lowest BCUT2D eigenvalue weighted by Crippen LogP contribution is -2.31. The highest BCUT2D eigenvalue weighted by Crippen LogP contribution is 2.27. The summed E-state index contributed by atoms with van der Waals surface area (Å²) in [5.74, 6) is 1.83. The van der Waals surface area contributed by atoms with E-state index >= 15 is 0 Å². The normalized spacial score (nSPS) is 23.3. The predicted octanol–water partition coefficient (Wildman–Crippen LogP) is 3.90. The molecule has 2 atom stereocenters. The Morgan fingerprint density at radius 3 is 2.86 bits per heavy atom. The van der Waals surface area contributed by atoms with Crippen molar-refractivity contribution in [2.75, 3.05) is 0 Å². The molecule has 0 amide bonds. The summed E-state index contributed by atoms with van der Waals surface area (Å²) in [5, 5.41) is 0. The molecule has 114 valence electrons. The molecule has 0 radical (unpaired) electrons. The van der Waals surface area contributed by atoms with Crippen LogP contribution < -0.4 is 5.73 Å². The molecule has 2 unspecified atom stereocenters. The number of nitrogens with zero attached hydrogens (tertiary/aromatic N) is 2. The monoisotopic (exact) mass is 285 g/mol. The van der Waals surface area contributed by atoms with Crippen LogP contribution in [0.15, 0.2) is 24.3 Å². The van der Waals surface area contributed by atoms with Crippen LogP contribution in [-0.4, -0.2) is 15.6 Å². The van der Waals surface area contributed by atoms with Crippen LogP contribution in [0.3, 0.4) is 0 Å². The molecule has 1 aromatic carbocycles. The molecular formula is C18H27N3. The van der Waals surface area contributed by atoms with Gasteiger partial charge in [-0.1, -0.05) is 38.3 Å². The molecule has 1 heterocycles. The Morgan fingerprint density at radius 2 is 2.00 bits per heavy atom. The van der Waals surface area contributed by atoms with Crippen LogP contribution in [0.4, 0.5) is 0 Å². The van der Waals surface area contributed by atoms with Crippen molar-refractivity contribution in [1.29, 1.82) is 0 Å². The van der Waals surface area contributed by atoms with Crippen molar-refractivity contribution in [1.82, 2.24) is 9.55 Å². The third-order valence-electron chi connectivity index (χ3n) is 4.84. The van der Waals surface area contributed by atoms with E-state index in [1.165, 1.54) is 43.4 Å². The lowest BCUT2D eigenvalue weighted by molar-refractivity contribution is 0.383. The number of aryl methyl sites for hydroxylation is 1. The molecular weight excluding hydrogens is 258 g/mol. The van der Waals surface area contributed by atoms with Gasteiger partial charge in [0.1, 0.15) is 5.82 Å². The van der Waals surface area contributed by atoms with E-state index in [1.807, 2.05) is 0 Å². The molecule has 2 aromatic rings. The standard InChI is InChI=1S/C18H27N3/c1-2-12-21-17-11-7-6-10-16(17)20-18(21)13-14-8-4-3-5-9-15(14)19/h6-7,10-11,14-15H,2-5,8-9,12-13,19H2,1H3. The van der Waals surface area contributed by atoms with Gasteiger partial charge in [0.2, 0.25) is 0 Å². The van der Waals surface area contributed by atoms with Crippen LogP contribution in [0.2, 0.25) is 0 Å². The maximum atomic E-state index is 6.41. The second-order valence-electron chi connectivity index (χ2n) is 6.43. The zero-order valence-electron chi connectivity index (χ0n) is 13.1. The van der Waals surface area contributed by atoms with Crippen LogP contribution in [0.5, 0.6) is 0 Å². The van der Waals surface area contributed by atoms with Crippen molar-refractivity contribution in [2.45, 2.75) is 64.5 Å². The molecule has 0 spiro atoms. The van der Waals surface area contributed by atoms with Gasteiger partial charge in [-0.25, -0.2) is 4.98 Å². The van der Waals surface area contributed by atoms with Crippen LogP contribution in [0.25, 0.3) is 11.0 Å². The molecule has 2 N–H and O–H groups in total. The first kappa shape index (κ1) is 14.6. The number of nitrogens with two attached hydrogens (primary N) is 1. The zero-order valence-corrected chi connectivity index (χ0v) is 13.1. The molecule has 1 fully saturated rings. The molecule has 1 aromatic heterocycles. The molecule has 0 bridgehead atoms. The Bertz CT molecular complexity index is 587. The summed E-state index contributed by atoms with van der Waals surface area (Å²) in [4.78, 5) is 4.90. The minimum atomic E-state index is 0.349. The molecule has 3 heteroatoms. The zero-order chi connectivity index (χ0) is 14.7. The second-order valence-corrected chi connectivity index (χ2v) is 6.43. The SMILES string of the molecule is CCCn1c(CC2CCCCCC2N)nc2ccccc21. The first-order valence-electron chi connectivity index (χ1n) is 8.49. The number of hydrogen-bond donors (Lipinski definition) is 1. The van der Waals surface area contributed by atoms with Crippen molar-refractivity contribution in [3.63, 3.8) is 0 Å². The molecule has 0 saturated heterocycles. The summed E-state index contributed by atoms with van der Waals surface area (Å²) in [6.07, 6.45) is 8.58. The van der Waals surface area contributed by atoms with E-state index in [4.69, 9.17) is 10.7 Å². The van der Waals surface area contributed by atoms with E-state index in [9.17, 15) is 0 Å². The van der Waals surface area contributed by atoms with Gasteiger partial charge in [-0.3, -0.25) is 0 Å². The molecule has 1 aliphatic rings. The molecule has 3 nitrogen and oxygen atoms in total. The largest absolute Gasteiger partial charge is 0.328 e. The topological polar surface area (TPSA) is 43.8 Å². The summed E-state index contributed by atoms with van der Waals surface area (Å²) in [6.45, 7) is 3.29. The van der Waals surface area contributed by atoms with Crippen LogP contribution in [-0.2, 0) is 13.0 Å². The molecule has 0 aliphatic heterocycles. The van der Waals surface area contributed by atoms with Gasteiger partial charge in [0.25, 0.3) is 0 Å². The Morgan fingerprint density at radius 1 is 1.19 bits per heavy atom. The summed E-state index contributed by atoms with van der Waals surface area (Å²) >= 11 is 0. The van der Waals surface area contributed by atoms with E-state index in [0.29, 0.717) is 12.0 Å². The second kappa shape index (κ2) is 6.61. The van der Waals surface area contributed by atoms with Crippen LogP contribution >= 0.6 is 0 Å². The van der Waals surface area contributed by atoms with Gasteiger partial charge in [-0.2, -0.15) is 0 Å². The minimum Gasteiger partial charge on any atom is -0.328 e. The van der Waals surface area contributed by atoms with Gasteiger partial charge in [0, 0.05) is 19.0 Å².